The molecule has 5 heteroatoms. The fourth-order valence-corrected chi connectivity index (χ4v) is 1.90. The van der Waals surface area contributed by atoms with Gasteiger partial charge in [-0.15, -0.1) is 0 Å². The number of hydrogen-bond donors (Lipinski definition) is 1. The third kappa shape index (κ3) is 3.28. The Labute approximate surface area is 111 Å². The molecule has 0 unspecified atom stereocenters. The van der Waals surface area contributed by atoms with Gasteiger partial charge in [-0.25, -0.2) is 0 Å². The van der Waals surface area contributed by atoms with E-state index in [1.165, 1.54) is 17.3 Å². The van der Waals surface area contributed by atoms with E-state index in [0.29, 0.717) is 12.2 Å². The average molecular weight is 257 g/mol. The maximum Gasteiger partial charge on any atom is 0.386 e. The molecule has 0 saturated carbocycles. The van der Waals surface area contributed by atoms with Crippen LogP contribution in [0.25, 0.3) is 0 Å². The van der Waals surface area contributed by atoms with Crippen LogP contribution in [-0.2, 0) is 6.42 Å². The van der Waals surface area contributed by atoms with Gasteiger partial charge in [0.05, 0.1) is 0 Å². The lowest BCUT2D eigenvalue weighted by Gasteiger charge is -2.08. The van der Waals surface area contributed by atoms with Crippen molar-refractivity contribution < 1.29 is 4.92 Å². The zero-order valence-corrected chi connectivity index (χ0v) is 10.7. The van der Waals surface area contributed by atoms with Crippen molar-refractivity contribution in [2.75, 3.05) is 11.9 Å². The normalized spacial score (nSPS) is 10.2. The molecule has 2 rings (SSSR count). The highest BCUT2D eigenvalue weighted by Gasteiger charge is 2.13. The third-order valence-electron chi connectivity index (χ3n) is 2.93. The van der Waals surface area contributed by atoms with Gasteiger partial charge in [-0.1, -0.05) is 24.3 Å². The Bertz CT molecular complexity index is 584. The number of hydrogen-bond acceptors (Lipinski definition) is 4. The maximum atomic E-state index is 10.8. The SMILES string of the molecule is Cc1ccccc1CCNc1cccnc1[N+](=O)[O-]. The molecule has 0 aliphatic rings. The number of nitrogens with one attached hydrogen (secondary N) is 1. The summed E-state index contributed by atoms with van der Waals surface area (Å²) in [6, 6.07) is 11.5. The molecule has 0 aliphatic carbocycles. The van der Waals surface area contributed by atoms with E-state index >= 15 is 0 Å². The summed E-state index contributed by atoms with van der Waals surface area (Å²) in [7, 11) is 0. The van der Waals surface area contributed by atoms with E-state index in [-0.39, 0.29) is 5.82 Å². The Balaban J connectivity index is 2.00. The van der Waals surface area contributed by atoms with E-state index in [0.717, 1.165) is 6.42 Å². The van der Waals surface area contributed by atoms with Crippen LogP contribution >= 0.6 is 0 Å². The van der Waals surface area contributed by atoms with Crippen molar-refractivity contribution in [2.45, 2.75) is 13.3 Å². The molecule has 0 aliphatic heterocycles. The van der Waals surface area contributed by atoms with Gasteiger partial charge in [-0.3, -0.25) is 0 Å². The van der Waals surface area contributed by atoms with Crippen LogP contribution in [0.3, 0.4) is 0 Å². The Morgan fingerprint density at radius 1 is 1.26 bits per heavy atom. The second kappa shape index (κ2) is 5.95. The molecule has 0 atom stereocenters. The molecule has 0 bridgehead atoms. The lowest BCUT2D eigenvalue weighted by Crippen LogP contribution is -2.08. The molecule has 0 amide bonds. The highest BCUT2D eigenvalue weighted by molar-refractivity contribution is 5.56. The number of pyridine rings is 1. The maximum absolute atomic E-state index is 10.8. The number of aromatic nitrogens is 1. The Morgan fingerprint density at radius 2 is 2.05 bits per heavy atom. The van der Waals surface area contributed by atoms with Gasteiger partial charge in [0.15, 0.2) is 0 Å². The predicted octanol–water partition coefficient (Wildman–Crippen LogP) is 2.95. The largest absolute Gasteiger partial charge is 0.386 e. The lowest BCUT2D eigenvalue weighted by atomic mass is 10.1. The molecule has 1 N–H and O–H groups in total. The predicted molar refractivity (Wildman–Crippen MR) is 74.3 cm³/mol. The lowest BCUT2D eigenvalue weighted by molar-refractivity contribution is -0.388. The van der Waals surface area contributed by atoms with E-state index < -0.39 is 4.92 Å². The minimum atomic E-state index is -0.476. The topological polar surface area (TPSA) is 68.1 Å². The second-order valence-corrected chi connectivity index (χ2v) is 4.23. The molecule has 5 nitrogen and oxygen atoms in total. The standard InChI is InChI=1S/C14H15N3O2/c1-11-5-2-3-6-12(11)8-10-15-13-7-4-9-16-14(13)17(18)19/h2-7,9,15H,8,10H2,1H3. The minimum Gasteiger partial charge on any atom is -0.378 e. The van der Waals surface area contributed by atoms with Crippen molar-refractivity contribution in [3.05, 3.63) is 63.8 Å². The number of nitrogens with zero attached hydrogens (tertiary/aromatic N) is 2. The van der Waals surface area contributed by atoms with Gasteiger partial charge in [0.1, 0.15) is 11.9 Å². The van der Waals surface area contributed by atoms with Crippen LogP contribution < -0.4 is 5.32 Å². The molecule has 1 aromatic carbocycles. The van der Waals surface area contributed by atoms with Crippen molar-refractivity contribution in [1.82, 2.24) is 4.98 Å². The summed E-state index contributed by atoms with van der Waals surface area (Å²) in [6.07, 6.45) is 2.24. The molecule has 98 valence electrons. The van der Waals surface area contributed by atoms with Crippen molar-refractivity contribution >= 4 is 11.5 Å². The summed E-state index contributed by atoms with van der Waals surface area (Å²) in [5, 5.41) is 13.9. The Kier molecular flexibility index (Phi) is 4.07. The van der Waals surface area contributed by atoms with Gasteiger partial charge in [-0.05, 0) is 46.5 Å². The van der Waals surface area contributed by atoms with Crippen LogP contribution in [-0.4, -0.2) is 16.5 Å². The molecule has 0 radical (unpaired) electrons. The van der Waals surface area contributed by atoms with Crippen LogP contribution in [0.1, 0.15) is 11.1 Å². The van der Waals surface area contributed by atoms with Crippen molar-refractivity contribution in [1.29, 1.82) is 0 Å². The van der Waals surface area contributed by atoms with Crippen LogP contribution in [0.15, 0.2) is 42.6 Å². The second-order valence-electron chi connectivity index (χ2n) is 4.23. The van der Waals surface area contributed by atoms with Gasteiger partial charge in [0.2, 0.25) is 0 Å². The number of rotatable bonds is 5. The molecule has 0 spiro atoms. The first-order valence-electron chi connectivity index (χ1n) is 6.06. The van der Waals surface area contributed by atoms with Gasteiger partial charge >= 0.3 is 5.82 Å². The number of benzene rings is 1. The molecule has 19 heavy (non-hydrogen) atoms. The quantitative estimate of drug-likeness (QED) is 0.660. The first-order valence-corrected chi connectivity index (χ1v) is 6.06. The first kappa shape index (κ1) is 13.0. The van der Waals surface area contributed by atoms with E-state index in [1.807, 2.05) is 12.1 Å². The molecule has 1 aromatic heterocycles. The molecular formula is C14H15N3O2. The highest BCUT2D eigenvalue weighted by Crippen LogP contribution is 2.20. The molecule has 2 aromatic rings. The number of anilines is 1. The van der Waals surface area contributed by atoms with E-state index in [4.69, 9.17) is 0 Å². The zero-order chi connectivity index (χ0) is 13.7. The van der Waals surface area contributed by atoms with Crippen LogP contribution in [0.2, 0.25) is 0 Å². The van der Waals surface area contributed by atoms with Crippen LogP contribution in [0, 0.1) is 17.0 Å². The van der Waals surface area contributed by atoms with Crippen LogP contribution in [0.5, 0.6) is 0 Å². The summed E-state index contributed by atoms with van der Waals surface area (Å²) in [6.45, 7) is 2.69. The summed E-state index contributed by atoms with van der Waals surface area (Å²) in [5.41, 5.74) is 2.92. The fourth-order valence-electron chi connectivity index (χ4n) is 1.90. The van der Waals surface area contributed by atoms with Gasteiger partial charge in [-0.2, -0.15) is 0 Å². The smallest absolute Gasteiger partial charge is 0.378 e. The number of nitro groups is 1. The first-order chi connectivity index (χ1) is 9.18. The molecular weight excluding hydrogens is 242 g/mol. The zero-order valence-electron chi connectivity index (χ0n) is 10.7. The summed E-state index contributed by atoms with van der Waals surface area (Å²) in [5.74, 6) is -0.132. The van der Waals surface area contributed by atoms with Crippen LogP contribution in [0.4, 0.5) is 11.5 Å². The fraction of sp³-hybridized carbons (Fsp3) is 0.214. The van der Waals surface area contributed by atoms with Gasteiger partial charge in [0.25, 0.3) is 0 Å². The third-order valence-corrected chi connectivity index (χ3v) is 2.93. The van der Waals surface area contributed by atoms with E-state index in [1.54, 1.807) is 12.1 Å². The Hall–Kier alpha value is -2.43. The summed E-state index contributed by atoms with van der Waals surface area (Å²) < 4.78 is 0. The van der Waals surface area contributed by atoms with Gasteiger partial charge < -0.3 is 15.4 Å². The Morgan fingerprint density at radius 3 is 2.79 bits per heavy atom. The van der Waals surface area contributed by atoms with Gasteiger partial charge in [0, 0.05) is 6.54 Å². The van der Waals surface area contributed by atoms with Crippen molar-refractivity contribution in [3.8, 4) is 0 Å². The summed E-state index contributed by atoms with van der Waals surface area (Å²) >= 11 is 0. The van der Waals surface area contributed by atoms with E-state index in [9.17, 15) is 10.1 Å². The van der Waals surface area contributed by atoms with Crippen molar-refractivity contribution in [3.63, 3.8) is 0 Å². The summed E-state index contributed by atoms with van der Waals surface area (Å²) in [4.78, 5) is 14.1. The molecule has 1 heterocycles. The minimum absolute atomic E-state index is 0.132. The average Bonchev–Trinajstić information content (AvgIpc) is 2.41. The van der Waals surface area contributed by atoms with E-state index in [2.05, 4.69) is 29.4 Å². The highest BCUT2D eigenvalue weighted by atomic mass is 16.6. The van der Waals surface area contributed by atoms with Crippen molar-refractivity contribution in [2.24, 2.45) is 0 Å². The number of aryl methyl sites for hydroxylation is 1. The monoisotopic (exact) mass is 257 g/mol. The molecule has 0 fully saturated rings. The molecule has 0 saturated heterocycles.